The van der Waals surface area contributed by atoms with Crippen molar-refractivity contribution < 1.29 is 14.3 Å². The van der Waals surface area contributed by atoms with Crippen LogP contribution in [0.4, 0.5) is 5.82 Å². The van der Waals surface area contributed by atoms with E-state index in [2.05, 4.69) is 103 Å². The highest BCUT2D eigenvalue weighted by molar-refractivity contribution is 7.99. The van der Waals surface area contributed by atoms with E-state index in [0.29, 0.717) is 73.6 Å². The van der Waals surface area contributed by atoms with E-state index in [0.717, 1.165) is 46.8 Å². The summed E-state index contributed by atoms with van der Waals surface area (Å²) in [5, 5.41) is 25.9. The van der Waals surface area contributed by atoms with Crippen molar-refractivity contribution in [1.29, 1.82) is 0 Å². The third-order valence-corrected chi connectivity index (χ3v) is 11.7. The number of nitrogens with two attached hydrogens (primary N) is 1. The maximum Gasteiger partial charge on any atom is 0.296 e. The summed E-state index contributed by atoms with van der Waals surface area (Å²) in [4.78, 5) is 35.6. The highest BCUT2D eigenvalue weighted by Gasteiger charge is 2.16. The van der Waals surface area contributed by atoms with E-state index >= 15 is 0 Å². The van der Waals surface area contributed by atoms with Crippen molar-refractivity contribution in [3.8, 4) is 22.3 Å². The summed E-state index contributed by atoms with van der Waals surface area (Å²) < 4.78 is 9.71. The van der Waals surface area contributed by atoms with Crippen molar-refractivity contribution in [1.82, 2.24) is 45.5 Å². The van der Waals surface area contributed by atoms with Gasteiger partial charge in [-0.05, 0) is 73.5 Å². The Balaban J connectivity index is 0.837. The van der Waals surface area contributed by atoms with Crippen LogP contribution in [0.15, 0.2) is 77.3 Å². The number of aryl methyl sites for hydroxylation is 1. The number of carbonyl (C=O) groups excluding carboxylic acids is 2. The van der Waals surface area contributed by atoms with E-state index in [-0.39, 0.29) is 11.8 Å². The highest BCUT2D eigenvalue weighted by Crippen LogP contribution is 2.35. The van der Waals surface area contributed by atoms with Crippen molar-refractivity contribution in [2.45, 2.75) is 45.1 Å². The fraction of sp³-hybridized carbons (Fsp3) is 0.318. The number of ether oxygens (including phenoxy) is 1. The fourth-order valence-electron chi connectivity index (χ4n) is 6.81. The maximum atomic E-state index is 12.8. The van der Waals surface area contributed by atoms with Crippen molar-refractivity contribution in [2.75, 3.05) is 57.5 Å². The lowest BCUT2D eigenvalue weighted by molar-refractivity contribution is -0.115. The van der Waals surface area contributed by atoms with Crippen LogP contribution < -0.4 is 27.0 Å². The van der Waals surface area contributed by atoms with Crippen molar-refractivity contribution in [3.63, 3.8) is 0 Å². The number of rotatable bonds is 19. The second kappa shape index (κ2) is 20.4. The van der Waals surface area contributed by atoms with Crippen LogP contribution in [-0.4, -0.2) is 93.5 Å². The Morgan fingerprint density at radius 1 is 0.917 bits per heavy atom. The molecule has 60 heavy (non-hydrogen) atoms. The summed E-state index contributed by atoms with van der Waals surface area (Å²) in [6.07, 6.45) is 1.00. The van der Waals surface area contributed by atoms with Crippen LogP contribution in [0, 0.1) is 11.8 Å². The first-order chi connectivity index (χ1) is 29.4. The van der Waals surface area contributed by atoms with Crippen LogP contribution in [0.1, 0.15) is 47.3 Å². The molecule has 0 spiro atoms. The van der Waals surface area contributed by atoms with Gasteiger partial charge in [-0.3, -0.25) is 9.59 Å². The van der Waals surface area contributed by atoms with Gasteiger partial charge in [-0.1, -0.05) is 60.2 Å². The third kappa shape index (κ3) is 10.1. The predicted molar refractivity (Wildman–Crippen MR) is 241 cm³/mol. The molecule has 0 bridgehead atoms. The SMILES string of the molecule is CCCSc1nc(NCCN)c2nnn(Cc3ccc(C(=O)NCCOCCNC(=O)C#Cc4csc(-c5ccc6c7cc(CNC)ccc7n(CC)c6c5)c4)cc3)c2n1. The Bertz CT molecular complexity index is 2660. The zero-order valence-electron chi connectivity index (χ0n) is 34.0. The van der Waals surface area contributed by atoms with Crippen molar-refractivity contribution in [3.05, 3.63) is 94.4 Å². The highest BCUT2D eigenvalue weighted by atomic mass is 32.2. The molecule has 6 N–H and O–H groups in total. The molecule has 0 saturated carbocycles. The van der Waals surface area contributed by atoms with E-state index in [9.17, 15) is 9.59 Å². The topological polar surface area (TPSA) is 179 Å². The van der Waals surface area contributed by atoms with E-state index in [4.69, 9.17) is 15.5 Å². The molecule has 0 radical (unpaired) electrons. The minimum atomic E-state index is -0.375. The van der Waals surface area contributed by atoms with E-state index in [1.807, 2.05) is 30.6 Å². The molecule has 0 fully saturated rings. The molecule has 4 heterocycles. The molecule has 2 amide bonds. The van der Waals surface area contributed by atoms with Crippen LogP contribution in [0.25, 0.3) is 43.4 Å². The Hall–Kier alpha value is -5.83. The van der Waals surface area contributed by atoms with Crippen LogP contribution >= 0.6 is 23.1 Å². The first kappa shape index (κ1) is 42.3. The molecule has 0 unspecified atom stereocenters. The standard InChI is InChI=1S/C44H49N11O3S2/c1-4-22-59-44-50-41(48-17-16-45)40-42(51-44)55(53-52-40)27-29-6-10-32(11-7-29)43(57)49-19-21-58-20-18-47-39(56)15-9-31-24-38(60-28-31)33-12-13-34-35-23-30(26-46-3)8-14-36(35)54(5-2)37(34)25-33/h6-8,10-14,23-25,28,46H,4-5,16-22,26-27,45H2,1-3H3,(H,47,56)(H,49,57)(H,48,50,51). The molecule has 310 valence electrons. The molecule has 4 aromatic heterocycles. The van der Waals surface area contributed by atoms with E-state index < -0.39 is 0 Å². The summed E-state index contributed by atoms with van der Waals surface area (Å²) in [6.45, 7) is 8.66. The molecule has 7 aromatic rings. The van der Waals surface area contributed by atoms with Gasteiger partial charge >= 0.3 is 0 Å². The zero-order valence-corrected chi connectivity index (χ0v) is 35.6. The number of aromatic nitrogens is 6. The quantitative estimate of drug-likeness (QED) is 0.0295. The number of anilines is 1. The van der Waals surface area contributed by atoms with Gasteiger partial charge in [-0.15, -0.1) is 16.4 Å². The Kier molecular flexibility index (Phi) is 14.4. The van der Waals surface area contributed by atoms with Gasteiger partial charge in [0.15, 0.2) is 22.1 Å². The van der Waals surface area contributed by atoms with Crippen LogP contribution in [-0.2, 0) is 29.2 Å². The molecule has 0 aliphatic carbocycles. The minimum Gasteiger partial charge on any atom is -0.378 e. The molecule has 14 nitrogen and oxygen atoms in total. The third-order valence-electron chi connectivity index (χ3n) is 9.66. The molecule has 0 aliphatic rings. The first-order valence-corrected chi connectivity index (χ1v) is 22.0. The van der Waals surface area contributed by atoms with Gasteiger partial charge < -0.3 is 36.3 Å². The number of carbonyl (C=O) groups is 2. The molecule has 16 heteroatoms. The van der Waals surface area contributed by atoms with Gasteiger partial charge in [-0.2, -0.15) is 0 Å². The lowest BCUT2D eigenvalue weighted by Gasteiger charge is -2.09. The average Bonchev–Trinajstić information content (AvgIpc) is 3.99. The first-order valence-electron chi connectivity index (χ1n) is 20.1. The summed E-state index contributed by atoms with van der Waals surface area (Å²) in [6, 6.07) is 22.6. The Labute approximate surface area is 357 Å². The molecule has 0 saturated heterocycles. The summed E-state index contributed by atoms with van der Waals surface area (Å²) in [5.74, 6) is 6.61. The van der Waals surface area contributed by atoms with Crippen LogP contribution in [0.2, 0.25) is 0 Å². The van der Waals surface area contributed by atoms with E-state index in [1.54, 1.807) is 39.9 Å². The maximum absolute atomic E-state index is 12.8. The van der Waals surface area contributed by atoms with E-state index in [1.165, 1.54) is 27.4 Å². The van der Waals surface area contributed by atoms with Crippen LogP contribution in [0.3, 0.4) is 0 Å². The lowest BCUT2D eigenvalue weighted by Crippen LogP contribution is -2.29. The smallest absolute Gasteiger partial charge is 0.296 e. The number of nitrogens with zero attached hydrogens (tertiary/aromatic N) is 6. The molecule has 0 aliphatic heterocycles. The predicted octanol–water partition coefficient (Wildman–Crippen LogP) is 5.63. The number of amides is 2. The fourth-order valence-corrected chi connectivity index (χ4v) is 8.34. The van der Waals surface area contributed by atoms with Crippen LogP contribution in [0.5, 0.6) is 0 Å². The lowest BCUT2D eigenvalue weighted by atomic mass is 10.1. The van der Waals surface area contributed by atoms with Gasteiger partial charge in [0, 0.05) is 94.1 Å². The number of benzene rings is 3. The second-order valence-corrected chi connectivity index (χ2v) is 15.9. The van der Waals surface area contributed by atoms with Crippen molar-refractivity contribution >= 4 is 73.7 Å². The number of fused-ring (bicyclic) bond motifs is 4. The average molecular weight is 844 g/mol. The second-order valence-electron chi connectivity index (χ2n) is 14.0. The summed E-state index contributed by atoms with van der Waals surface area (Å²) in [7, 11) is 1.96. The number of nitrogens with one attached hydrogen (secondary N) is 4. The number of hydrogen-bond acceptors (Lipinski definition) is 12. The molecular weight excluding hydrogens is 795 g/mol. The largest absolute Gasteiger partial charge is 0.378 e. The number of thioether (sulfide) groups is 1. The summed E-state index contributed by atoms with van der Waals surface area (Å²) in [5.41, 5.74) is 14.0. The molecule has 3 aromatic carbocycles. The Morgan fingerprint density at radius 3 is 2.52 bits per heavy atom. The number of hydrogen-bond donors (Lipinski definition) is 5. The molecular formula is C44H49N11O3S2. The molecule has 0 atom stereocenters. The van der Waals surface area contributed by atoms with Crippen molar-refractivity contribution in [2.24, 2.45) is 5.73 Å². The van der Waals surface area contributed by atoms with Gasteiger partial charge in [0.25, 0.3) is 11.8 Å². The zero-order chi connectivity index (χ0) is 41.8. The normalized spacial score (nSPS) is 11.3. The van der Waals surface area contributed by atoms with Gasteiger partial charge in [-0.25, -0.2) is 14.6 Å². The molecule has 7 rings (SSSR count). The van der Waals surface area contributed by atoms with Gasteiger partial charge in [0.2, 0.25) is 0 Å². The monoisotopic (exact) mass is 843 g/mol. The minimum absolute atomic E-state index is 0.207. The Morgan fingerprint density at radius 2 is 1.73 bits per heavy atom. The number of thiophene rings is 1. The van der Waals surface area contributed by atoms with Gasteiger partial charge in [0.1, 0.15) is 0 Å². The summed E-state index contributed by atoms with van der Waals surface area (Å²) >= 11 is 3.19. The van der Waals surface area contributed by atoms with Gasteiger partial charge in [0.05, 0.1) is 19.8 Å².